The van der Waals surface area contributed by atoms with Gasteiger partial charge in [0.05, 0.1) is 126 Å². The van der Waals surface area contributed by atoms with Gasteiger partial charge in [-0.15, -0.1) is 0 Å². The van der Waals surface area contributed by atoms with Gasteiger partial charge < -0.3 is 52.1 Å². The van der Waals surface area contributed by atoms with Gasteiger partial charge in [0.15, 0.2) is 0 Å². The Hall–Kier alpha value is -1.45. The second-order valence-corrected chi connectivity index (χ2v) is 8.17. The van der Waals surface area contributed by atoms with Gasteiger partial charge in [-0.2, -0.15) is 0 Å². The minimum Gasteiger partial charge on any atom is -0.493 e. The molecule has 12 heteroatoms. The van der Waals surface area contributed by atoms with Crippen LogP contribution < -0.4 is 4.74 Å². The van der Waals surface area contributed by atoms with Gasteiger partial charge in [-0.1, -0.05) is 0 Å². The highest BCUT2D eigenvalue weighted by Crippen LogP contribution is 2.10. The summed E-state index contributed by atoms with van der Waals surface area (Å²) in [5.41, 5.74) is 0. The van der Waals surface area contributed by atoms with Gasteiger partial charge in [0.1, 0.15) is 5.75 Å². The Morgan fingerprint density at radius 2 is 0.795 bits per heavy atom. The van der Waals surface area contributed by atoms with E-state index in [9.17, 15) is 0 Å². The lowest BCUT2D eigenvalue weighted by atomic mass is 10.2. The van der Waals surface area contributed by atoms with E-state index in [0.717, 1.165) is 5.75 Å². The summed E-state index contributed by atoms with van der Waals surface area (Å²) in [6.45, 7) is 9.90. The summed E-state index contributed by atoms with van der Waals surface area (Å²) >= 11 is 0. The van der Waals surface area contributed by atoms with E-state index in [1.54, 1.807) is 26.6 Å². The monoisotopic (exact) mass is 563 g/mol. The fraction of sp³-hybridized carbons (Fsp3) is 0.815. The highest BCUT2D eigenvalue weighted by molar-refractivity contribution is 5.16. The molecule has 1 aromatic rings. The van der Waals surface area contributed by atoms with Gasteiger partial charge in [0.2, 0.25) is 0 Å². The first-order chi connectivity index (χ1) is 19.4. The third kappa shape index (κ3) is 25.3. The number of hydrogen-bond acceptors (Lipinski definition) is 12. The molecule has 0 fully saturated rings. The summed E-state index contributed by atoms with van der Waals surface area (Å²) in [7, 11) is 3.29. The predicted octanol–water partition coefficient (Wildman–Crippen LogP) is 1.50. The van der Waals surface area contributed by atoms with E-state index in [2.05, 4.69) is 4.98 Å². The van der Waals surface area contributed by atoms with Crippen LogP contribution in [0.3, 0.4) is 0 Å². The Balaban J connectivity index is 2.05. The van der Waals surface area contributed by atoms with Crippen molar-refractivity contribution in [2.45, 2.75) is 0 Å². The lowest BCUT2D eigenvalue weighted by molar-refractivity contribution is -0.0305. The maximum atomic E-state index is 5.87. The van der Waals surface area contributed by atoms with Gasteiger partial charge in [-0.25, -0.2) is 0 Å². The first-order valence-corrected chi connectivity index (χ1v) is 13.5. The molecule has 0 bridgehead atoms. The smallest absolute Gasteiger partial charge is 0.122 e. The molecule has 0 amide bonds. The number of hydrogen-bond donors (Lipinski definition) is 0. The molecular formula is C27H49NO11. The average Bonchev–Trinajstić information content (AvgIpc) is 2.96. The molecule has 0 aliphatic heterocycles. The molecular weight excluding hydrogens is 514 g/mol. The summed E-state index contributed by atoms with van der Waals surface area (Å²) in [6, 6.07) is 3.64. The molecule has 0 spiro atoms. The number of pyridine rings is 1. The molecule has 39 heavy (non-hydrogen) atoms. The van der Waals surface area contributed by atoms with Crippen molar-refractivity contribution in [1.82, 2.24) is 4.98 Å². The standard InChI is InChI=1S/C27H49NO11/c1-29-7-9-31-11-13-33-15-17-35-19-21-37-23-26(25-39-27-3-5-28-6-4-27)24-38-22-20-36-18-16-34-14-12-32-10-8-30-2/h3-6,26H,7-25H2,1-2H3. The van der Waals surface area contributed by atoms with Crippen LogP contribution >= 0.6 is 0 Å². The number of aromatic nitrogens is 1. The van der Waals surface area contributed by atoms with Gasteiger partial charge in [0, 0.05) is 32.5 Å². The van der Waals surface area contributed by atoms with Crippen LogP contribution in [0.5, 0.6) is 5.75 Å². The normalized spacial score (nSPS) is 11.5. The second-order valence-electron chi connectivity index (χ2n) is 8.17. The Labute approximate surface area is 233 Å². The Bertz CT molecular complexity index is 570. The fourth-order valence-corrected chi connectivity index (χ4v) is 2.90. The Morgan fingerprint density at radius 1 is 0.462 bits per heavy atom. The van der Waals surface area contributed by atoms with Crippen LogP contribution in [-0.2, 0) is 47.4 Å². The molecule has 1 aromatic heterocycles. The van der Waals surface area contributed by atoms with Crippen molar-refractivity contribution < 1.29 is 52.1 Å². The maximum Gasteiger partial charge on any atom is 0.122 e. The van der Waals surface area contributed by atoms with Crippen LogP contribution in [0, 0.1) is 5.92 Å². The third-order valence-electron chi connectivity index (χ3n) is 4.94. The lowest BCUT2D eigenvalue weighted by Gasteiger charge is -2.18. The highest BCUT2D eigenvalue weighted by atomic mass is 16.6. The molecule has 0 atom stereocenters. The molecule has 1 heterocycles. The summed E-state index contributed by atoms with van der Waals surface area (Å²) in [5.74, 6) is 0.816. The molecule has 0 unspecified atom stereocenters. The number of rotatable bonds is 31. The van der Waals surface area contributed by atoms with Crippen LogP contribution in [0.25, 0.3) is 0 Å². The topological polar surface area (TPSA) is 114 Å². The summed E-state index contributed by atoms with van der Waals surface area (Å²) < 4.78 is 59.9. The second kappa shape index (κ2) is 29.5. The predicted molar refractivity (Wildman–Crippen MR) is 144 cm³/mol. The van der Waals surface area contributed by atoms with Crippen molar-refractivity contribution in [3.63, 3.8) is 0 Å². The van der Waals surface area contributed by atoms with E-state index in [1.807, 2.05) is 12.1 Å². The molecule has 0 aliphatic rings. The van der Waals surface area contributed by atoms with Crippen molar-refractivity contribution in [2.75, 3.05) is 140 Å². The molecule has 0 aromatic carbocycles. The lowest BCUT2D eigenvalue weighted by Crippen LogP contribution is -2.25. The maximum absolute atomic E-state index is 5.87. The van der Waals surface area contributed by atoms with Crippen LogP contribution in [0.4, 0.5) is 0 Å². The SMILES string of the molecule is COCCOCCOCCOCCOCC(COCCOCCOCCOCCOC)COc1ccncc1. The van der Waals surface area contributed by atoms with E-state index in [4.69, 9.17) is 52.1 Å². The number of methoxy groups -OCH3 is 2. The summed E-state index contributed by atoms with van der Waals surface area (Å²) in [4.78, 5) is 4.01. The van der Waals surface area contributed by atoms with Gasteiger partial charge in [-0.3, -0.25) is 4.98 Å². The number of ether oxygens (including phenoxy) is 11. The van der Waals surface area contributed by atoms with E-state index >= 15 is 0 Å². The summed E-state index contributed by atoms with van der Waals surface area (Å²) in [6.07, 6.45) is 3.39. The first kappa shape index (κ1) is 35.6. The molecule has 0 saturated heterocycles. The third-order valence-corrected chi connectivity index (χ3v) is 4.94. The van der Waals surface area contributed by atoms with Crippen LogP contribution in [0.2, 0.25) is 0 Å². The molecule has 228 valence electrons. The van der Waals surface area contributed by atoms with Crippen LogP contribution in [-0.4, -0.2) is 145 Å². The molecule has 0 aliphatic carbocycles. The molecule has 0 radical (unpaired) electrons. The van der Waals surface area contributed by atoms with Gasteiger partial charge in [0.25, 0.3) is 0 Å². The molecule has 12 nitrogen and oxygen atoms in total. The van der Waals surface area contributed by atoms with Gasteiger partial charge >= 0.3 is 0 Å². The van der Waals surface area contributed by atoms with E-state index in [-0.39, 0.29) is 5.92 Å². The first-order valence-electron chi connectivity index (χ1n) is 13.5. The zero-order valence-corrected chi connectivity index (χ0v) is 23.8. The molecule has 0 saturated carbocycles. The number of nitrogens with zero attached hydrogens (tertiary/aromatic N) is 1. The zero-order valence-electron chi connectivity index (χ0n) is 23.8. The fourth-order valence-electron chi connectivity index (χ4n) is 2.90. The molecule has 1 rings (SSSR count). The van der Waals surface area contributed by atoms with Crippen molar-refractivity contribution in [2.24, 2.45) is 5.92 Å². The highest BCUT2D eigenvalue weighted by Gasteiger charge is 2.11. The van der Waals surface area contributed by atoms with Gasteiger partial charge in [-0.05, 0) is 12.1 Å². The van der Waals surface area contributed by atoms with Crippen molar-refractivity contribution in [1.29, 1.82) is 0 Å². The van der Waals surface area contributed by atoms with Crippen LogP contribution in [0.15, 0.2) is 24.5 Å². The van der Waals surface area contributed by atoms with E-state index in [0.29, 0.717) is 126 Å². The van der Waals surface area contributed by atoms with Crippen molar-refractivity contribution >= 4 is 0 Å². The van der Waals surface area contributed by atoms with E-state index in [1.165, 1.54) is 0 Å². The minimum absolute atomic E-state index is 0.0565. The Morgan fingerprint density at radius 3 is 1.15 bits per heavy atom. The van der Waals surface area contributed by atoms with Crippen molar-refractivity contribution in [3.8, 4) is 5.75 Å². The molecule has 0 N–H and O–H groups in total. The Kier molecular flexibility index (Phi) is 26.9. The zero-order chi connectivity index (χ0) is 27.9. The largest absolute Gasteiger partial charge is 0.493 e. The minimum atomic E-state index is 0.0565. The van der Waals surface area contributed by atoms with Crippen LogP contribution in [0.1, 0.15) is 0 Å². The average molecular weight is 564 g/mol. The van der Waals surface area contributed by atoms with E-state index < -0.39 is 0 Å². The quantitative estimate of drug-likeness (QED) is 0.122. The summed E-state index contributed by atoms with van der Waals surface area (Å²) in [5, 5.41) is 0. The van der Waals surface area contributed by atoms with Crippen molar-refractivity contribution in [3.05, 3.63) is 24.5 Å².